The van der Waals surface area contributed by atoms with Crippen LogP contribution in [0.2, 0.25) is 0 Å². The fourth-order valence-corrected chi connectivity index (χ4v) is 2.25. The molecule has 0 amide bonds. The molecule has 0 aliphatic rings. The lowest BCUT2D eigenvalue weighted by Crippen LogP contribution is -1.98. The van der Waals surface area contributed by atoms with Gasteiger partial charge in [-0.3, -0.25) is 0 Å². The fraction of sp³-hybridized carbons (Fsp3) is 0.118. The van der Waals surface area contributed by atoms with Crippen LogP contribution in [0.25, 0.3) is 22.3 Å². The SMILES string of the molecule is COc1cc(OC)c2nc(-c3ccccc3)c(C#N)nc2c1. The number of nitriles is 1. The Bertz CT molecular complexity index is 870. The molecule has 0 saturated carbocycles. The third-order valence-electron chi connectivity index (χ3n) is 3.32. The second-order valence-corrected chi connectivity index (χ2v) is 4.60. The summed E-state index contributed by atoms with van der Waals surface area (Å²) in [6, 6.07) is 15.1. The summed E-state index contributed by atoms with van der Waals surface area (Å²) in [5.41, 5.74) is 2.81. The van der Waals surface area contributed by atoms with Crippen molar-refractivity contribution in [3.05, 3.63) is 48.2 Å². The zero-order chi connectivity index (χ0) is 15.5. The van der Waals surface area contributed by atoms with E-state index < -0.39 is 0 Å². The van der Waals surface area contributed by atoms with Crippen molar-refractivity contribution in [3.8, 4) is 28.8 Å². The molecule has 0 unspecified atom stereocenters. The van der Waals surface area contributed by atoms with Crippen LogP contribution in [0.15, 0.2) is 42.5 Å². The van der Waals surface area contributed by atoms with Gasteiger partial charge in [-0.05, 0) is 0 Å². The Kier molecular flexibility index (Phi) is 3.58. The van der Waals surface area contributed by atoms with Gasteiger partial charge in [0.15, 0.2) is 5.69 Å². The average molecular weight is 291 g/mol. The van der Waals surface area contributed by atoms with Crippen molar-refractivity contribution in [1.82, 2.24) is 9.97 Å². The Labute approximate surface area is 127 Å². The van der Waals surface area contributed by atoms with Gasteiger partial charge < -0.3 is 9.47 Å². The van der Waals surface area contributed by atoms with Crippen LogP contribution in [0, 0.1) is 11.3 Å². The Morgan fingerprint density at radius 3 is 2.41 bits per heavy atom. The van der Waals surface area contributed by atoms with Gasteiger partial charge in [0.2, 0.25) is 0 Å². The third-order valence-corrected chi connectivity index (χ3v) is 3.32. The maximum atomic E-state index is 9.38. The molecule has 0 radical (unpaired) electrons. The van der Waals surface area contributed by atoms with E-state index in [0.717, 1.165) is 5.56 Å². The number of fused-ring (bicyclic) bond motifs is 1. The smallest absolute Gasteiger partial charge is 0.167 e. The van der Waals surface area contributed by atoms with Gasteiger partial charge in [-0.25, -0.2) is 9.97 Å². The van der Waals surface area contributed by atoms with Crippen LogP contribution in [-0.2, 0) is 0 Å². The van der Waals surface area contributed by atoms with Crippen LogP contribution < -0.4 is 9.47 Å². The molecule has 0 atom stereocenters. The first kappa shape index (κ1) is 13.8. The highest BCUT2D eigenvalue weighted by atomic mass is 16.5. The van der Waals surface area contributed by atoms with E-state index in [-0.39, 0.29) is 5.69 Å². The minimum Gasteiger partial charge on any atom is -0.497 e. The lowest BCUT2D eigenvalue weighted by atomic mass is 10.1. The zero-order valence-electron chi connectivity index (χ0n) is 12.2. The number of nitrogens with zero attached hydrogens (tertiary/aromatic N) is 3. The van der Waals surface area contributed by atoms with Crippen molar-refractivity contribution < 1.29 is 9.47 Å². The normalized spacial score (nSPS) is 10.2. The molecular formula is C17H13N3O2. The molecule has 0 aliphatic carbocycles. The average Bonchev–Trinajstić information content (AvgIpc) is 2.60. The highest BCUT2D eigenvalue weighted by Gasteiger charge is 2.14. The van der Waals surface area contributed by atoms with Crippen LogP contribution in [0.3, 0.4) is 0 Å². The lowest BCUT2D eigenvalue weighted by Gasteiger charge is -2.10. The summed E-state index contributed by atoms with van der Waals surface area (Å²) in [6.07, 6.45) is 0. The molecule has 0 bridgehead atoms. The molecule has 2 aromatic carbocycles. The first-order valence-corrected chi connectivity index (χ1v) is 6.66. The van der Waals surface area contributed by atoms with E-state index >= 15 is 0 Å². The van der Waals surface area contributed by atoms with Crippen molar-refractivity contribution in [2.75, 3.05) is 14.2 Å². The van der Waals surface area contributed by atoms with E-state index in [9.17, 15) is 5.26 Å². The predicted molar refractivity (Wildman–Crippen MR) is 82.8 cm³/mol. The van der Waals surface area contributed by atoms with E-state index in [2.05, 4.69) is 16.0 Å². The number of benzene rings is 2. The van der Waals surface area contributed by atoms with Gasteiger partial charge in [0, 0.05) is 17.7 Å². The maximum absolute atomic E-state index is 9.38. The predicted octanol–water partition coefficient (Wildman–Crippen LogP) is 3.19. The van der Waals surface area contributed by atoms with Crippen molar-refractivity contribution in [1.29, 1.82) is 5.26 Å². The number of methoxy groups -OCH3 is 2. The molecule has 5 heteroatoms. The first-order valence-electron chi connectivity index (χ1n) is 6.66. The van der Waals surface area contributed by atoms with Crippen molar-refractivity contribution in [3.63, 3.8) is 0 Å². The summed E-state index contributed by atoms with van der Waals surface area (Å²) in [4.78, 5) is 9.00. The van der Waals surface area contributed by atoms with Crippen molar-refractivity contribution in [2.24, 2.45) is 0 Å². The van der Waals surface area contributed by atoms with Crippen molar-refractivity contribution >= 4 is 11.0 Å². The first-order chi connectivity index (χ1) is 10.8. The molecule has 0 fully saturated rings. The molecule has 0 spiro atoms. The molecule has 3 aromatic rings. The van der Waals surface area contributed by atoms with Gasteiger partial charge in [-0.1, -0.05) is 30.3 Å². The Morgan fingerprint density at radius 2 is 1.77 bits per heavy atom. The standard InChI is InChI=1S/C17H13N3O2/c1-21-12-8-13-17(15(9-12)22-2)20-16(14(10-18)19-13)11-6-4-3-5-7-11/h3-9H,1-2H3. The number of hydrogen-bond donors (Lipinski definition) is 0. The Hall–Kier alpha value is -3.13. The topological polar surface area (TPSA) is 68.0 Å². The van der Waals surface area contributed by atoms with Gasteiger partial charge in [0.25, 0.3) is 0 Å². The summed E-state index contributed by atoms with van der Waals surface area (Å²) in [5, 5.41) is 9.38. The van der Waals surface area contributed by atoms with Crippen LogP contribution in [-0.4, -0.2) is 24.2 Å². The Morgan fingerprint density at radius 1 is 1.00 bits per heavy atom. The minimum absolute atomic E-state index is 0.272. The number of hydrogen-bond acceptors (Lipinski definition) is 5. The van der Waals surface area contributed by atoms with E-state index in [0.29, 0.717) is 28.2 Å². The lowest BCUT2D eigenvalue weighted by molar-refractivity contribution is 0.397. The summed E-state index contributed by atoms with van der Waals surface area (Å²) in [6.45, 7) is 0. The van der Waals surface area contributed by atoms with Crippen LogP contribution >= 0.6 is 0 Å². The van der Waals surface area contributed by atoms with Crippen LogP contribution in [0.1, 0.15) is 5.69 Å². The molecular weight excluding hydrogens is 278 g/mol. The molecule has 22 heavy (non-hydrogen) atoms. The van der Waals surface area contributed by atoms with Crippen LogP contribution in [0.4, 0.5) is 0 Å². The third kappa shape index (κ3) is 2.31. The molecule has 0 saturated heterocycles. The molecule has 1 heterocycles. The van der Waals surface area contributed by atoms with E-state index in [1.54, 1.807) is 26.4 Å². The van der Waals surface area contributed by atoms with Crippen LogP contribution in [0.5, 0.6) is 11.5 Å². The summed E-state index contributed by atoms with van der Waals surface area (Å²) >= 11 is 0. The van der Waals surface area contributed by atoms with Gasteiger partial charge in [0.05, 0.1) is 19.7 Å². The van der Waals surface area contributed by atoms with Gasteiger partial charge in [-0.2, -0.15) is 5.26 Å². The molecule has 0 aliphatic heterocycles. The molecule has 1 aromatic heterocycles. The molecule has 0 N–H and O–H groups in total. The summed E-state index contributed by atoms with van der Waals surface area (Å²) in [5.74, 6) is 1.17. The highest BCUT2D eigenvalue weighted by Crippen LogP contribution is 2.31. The minimum atomic E-state index is 0.272. The summed E-state index contributed by atoms with van der Waals surface area (Å²) in [7, 11) is 3.13. The van der Waals surface area contributed by atoms with Gasteiger partial charge >= 0.3 is 0 Å². The maximum Gasteiger partial charge on any atom is 0.167 e. The Balaban J connectivity index is 2.33. The van der Waals surface area contributed by atoms with E-state index in [1.165, 1.54) is 0 Å². The number of aromatic nitrogens is 2. The molecule has 3 rings (SSSR count). The summed E-state index contributed by atoms with van der Waals surface area (Å²) < 4.78 is 10.6. The monoisotopic (exact) mass is 291 g/mol. The quantitative estimate of drug-likeness (QED) is 0.741. The second kappa shape index (κ2) is 5.70. The number of rotatable bonds is 3. The van der Waals surface area contributed by atoms with Crippen molar-refractivity contribution in [2.45, 2.75) is 0 Å². The van der Waals surface area contributed by atoms with Gasteiger partial charge in [-0.15, -0.1) is 0 Å². The second-order valence-electron chi connectivity index (χ2n) is 4.60. The number of ether oxygens (including phenoxy) is 2. The highest BCUT2D eigenvalue weighted by molar-refractivity contribution is 5.86. The molecule has 108 valence electrons. The zero-order valence-corrected chi connectivity index (χ0v) is 12.2. The van der Waals surface area contributed by atoms with E-state index in [4.69, 9.17) is 9.47 Å². The fourth-order valence-electron chi connectivity index (χ4n) is 2.25. The van der Waals surface area contributed by atoms with Gasteiger partial charge in [0.1, 0.15) is 28.8 Å². The van der Waals surface area contributed by atoms with E-state index in [1.807, 2.05) is 30.3 Å². The largest absolute Gasteiger partial charge is 0.497 e. The molecule has 5 nitrogen and oxygen atoms in total.